The van der Waals surface area contributed by atoms with E-state index in [2.05, 4.69) is 23.2 Å². The Bertz CT molecular complexity index is 854. The van der Waals surface area contributed by atoms with Gasteiger partial charge in [-0.2, -0.15) is 0 Å². The molecule has 0 N–H and O–H groups in total. The lowest BCUT2D eigenvalue weighted by Crippen LogP contribution is -2.08. The maximum Gasteiger partial charge on any atom is 0.339 e. The van der Waals surface area contributed by atoms with E-state index in [0.717, 1.165) is 12.0 Å². The first kappa shape index (κ1) is 16.7. The van der Waals surface area contributed by atoms with Gasteiger partial charge in [0.25, 0.3) is 0 Å². The molecule has 0 fully saturated rings. The van der Waals surface area contributed by atoms with Crippen LogP contribution < -0.4 is 4.74 Å². The van der Waals surface area contributed by atoms with Crippen LogP contribution in [0.2, 0.25) is 0 Å². The number of esters is 1. The molecular formula is C22H19NO2. The Hall–Kier alpha value is -3.20. The van der Waals surface area contributed by atoms with Crippen LogP contribution in [0.1, 0.15) is 23.6 Å². The van der Waals surface area contributed by atoms with E-state index in [0.29, 0.717) is 11.3 Å². The van der Waals surface area contributed by atoms with Crippen LogP contribution in [0.25, 0.3) is 6.08 Å². The molecule has 0 spiro atoms. The van der Waals surface area contributed by atoms with Crippen molar-refractivity contribution in [1.29, 1.82) is 0 Å². The van der Waals surface area contributed by atoms with Crippen molar-refractivity contribution in [3.63, 3.8) is 0 Å². The van der Waals surface area contributed by atoms with Gasteiger partial charge < -0.3 is 4.74 Å². The number of rotatable bonds is 5. The number of carbonyl (C=O) groups is 1. The van der Waals surface area contributed by atoms with Gasteiger partial charge in [0.15, 0.2) is 0 Å². The van der Waals surface area contributed by atoms with Gasteiger partial charge >= 0.3 is 5.97 Å². The maximum absolute atomic E-state index is 12.1. The molecule has 124 valence electrons. The molecule has 0 aliphatic carbocycles. The van der Waals surface area contributed by atoms with Gasteiger partial charge in [-0.05, 0) is 54.3 Å². The predicted octanol–water partition coefficient (Wildman–Crippen LogP) is 4.68. The first-order valence-electron chi connectivity index (χ1n) is 8.14. The lowest BCUT2D eigenvalue weighted by atomic mass is 10.0. The number of carbonyl (C=O) groups excluding carboxylic acids is 1. The molecule has 1 heterocycles. The molecule has 3 aromatic rings. The van der Waals surface area contributed by atoms with Crippen LogP contribution in [0, 0.1) is 0 Å². The minimum atomic E-state index is -0.342. The van der Waals surface area contributed by atoms with Crippen LogP contribution in [0.3, 0.4) is 0 Å². The van der Waals surface area contributed by atoms with Crippen molar-refractivity contribution < 1.29 is 9.53 Å². The van der Waals surface area contributed by atoms with Crippen LogP contribution in [-0.4, -0.2) is 11.0 Å². The Labute approximate surface area is 147 Å². The largest absolute Gasteiger partial charge is 0.423 e. The van der Waals surface area contributed by atoms with E-state index in [-0.39, 0.29) is 5.97 Å². The van der Waals surface area contributed by atoms with Gasteiger partial charge in [0.1, 0.15) is 5.75 Å². The second-order valence-electron chi connectivity index (χ2n) is 5.81. The number of nitrogens with zero attached hydrogens (tertiary/aromatic N) is 1. The molecule has 0 amide bonds. The maximum atomic E-state index is 12.1. The molecule has 0 saturated heterocycles. The van der Waals surface area contributed by atoms with Gasteiger partial charge in [0, 0.05) is 18.0 Å². The molecule has 3 nitrogen and oxygen atoms in total. The molecule has 3 heteroatoms. The second-order valence-corrected chi connectivity index (χ2v) is 5.81. The zero-order valence-electron chi connectivity index (χ0n) is 14.1. The molecule has 3 rings (SSSR count). The van der Waals surface area contributed by atoms with Crippen LogP contribution in [-0.2, 0) is 11.2 Å². The van der Waals surface area contributed by atoms with Gasteiger partial charge in [-0.25, -0.2) is 4.79 Å². The average Bonchev–Trinajstić information content (AvgIpc) is 2.65. The van der Waals surface area contributed by atoms with E-state index >= 15 is 0 Å². The Morgan fingerprint density at radius 3 is 2.40 bits per heavy atom. The number of benzene rings is 2. The Kier molecular flexibility index (Phi) is 5.37. The summed E-state index contributed by atoms with van der Waals surface area (Å²) in [6, 6.07) is 21.2. The molecule has 0 unspecified atom stereocenters. The summed E-state index contributed by atoms with van der Waals surface area (Å²) in [4.78, 5) is 16.3. The molecule has 0 aliphatic rings. The number of pyridine rings is 1. The molecule has 25 heavy (non-hydrogen) atoms. The highest BCUT2D eigenvalue weighted by molar-refractivity contribution is 5.94. The summed E-state index contributed by atoms with van der Waals surface area (Å²) in [5, 5.41) is 0. The van der Waals surface area contributed by atoms with E-state index in [4.69, 9.17) is 4.74 Å². The topological polar surface area (TPSA) is 39.2 Å². The fourth-order valence-corrected chi connectivity index (χ4v) is 2.46. The Morgan fingerprint density at radius 2 is 1.72 bits per heavy atom. The molecule has 0 aliphatic heterocycles. The third-order valence-corrected chi connectivity index (χ3v) is 3.77. The van der Waals surface area contributed by atoms with Gasteiger partial charge in [-0.15, -0.1) is 0 Å². The van der Waals surface area contributed by atoms with Gasteiger partial charge in [-0.3, -0.25) is 4.98 Å². The van der Waals surface area contributed by atoms with Crippen molar-refractivity contribution in [2.45, 2.75) is 13.3 Å². The van der Waals surface area contributed by atoms with Gasteiger partial charge in [-0.1, -0.05) is 48.5 Å². The third kappa shape index (κ3) is 4.88. The normalized spacial score (nSPS) is 11.2. The van der Waals surface area contributed by atoms with Crippen LogP contribution in [0.4, 0.5) is 0 Å². The quantitative estimate of drug-likeness (QED) is 0.387. The molecular weight excluding hydrogens is 310 g/mol. The summed E-state index contributed by atoms with van der Waals surface area (Å²) in [5.41, 5.74) is 3.91. The van der Waals surface area contributed by atoms with E-state index in [1.807, 2.05) is 48.7 Å². The fourth-order valence-electron chi connectivity index (χ4n) is 2.46. The Balaban J connectivity index is 1.65. The first-order chi connectivity index (χ1) is 12.2. The zero-order valence-corrected chi connectivity index (χ0v) is 14.1. The van der Waals surface area contributed by atoms with Crippen LogP contribution in [0.15, 0.2) is 84.7 Å². The second kappa shape index (κ2) is 8.06. The summed E-state index contributed by atoms with van der Waals surface area (Å²) in [7, 11) is 0. The van der Waals surface area contributed by atoms with E-state index in [9.17, 15) is 4.79 Å². The number of ether oxygens (including phenoxy) is 1. The van der Waals surface area contributed by atoms with Crippen LogP contribution >= 0.6 is 0 Å². The number of para-hydroxylation sites is 1. The van der Waals surface area contributed by atoms with Gasteiger partial charge in [0.2, 0.25) is 0 Å². The third-order valence-electron chi connectivity index (χ3n) is 3.77. The fraction of sp³-hybridized carbons (Fsp3) is 0.0909. The van der Waals surface area contributed by atoms with Crippen molar-refractivity contribution in [2.75, 3.05) is 0 Å². The molecule has 0 saturated carbocycles. The highest BCUT2D eigenvalue weighted by Crippen LogP contribution is 2.15. The Morgan fingerprint density at radius 1 is 0.960 bits per heavy atom. The minimum absolute atomic E-state index is 0.342. The summed E-state index contributed by atoms with van der Waals surface area (Å²) in [5.74, 6) is 0.206. The summed E-state index contributed by atoms with van der Waals surface area (Å²) in [6.45, 7) is 1.76. The van der Waals surface area contributed by atoms with E-state index in [1.54, 1.807) is 25.3 Å². The summed E-state index contributed by atoms with van der Waals surface area (Å²) < 4.78 is 5.34. The van der Waals surface area contributed by atoms with E-state index < -0.39 is 0 Å². The average molecular weight is 329 g/mol. The molecule has 2 aromatic carbocycles. The van der Waals surface area contributed by atoms with E-state index in [1.165, 1.54) is 11.1 Å². The van der Waals surface area contributed by atoms with Crippen molar-refractivity contribution in [2.24, 2.45) is 0 Å². The lowest BCUT2D eigenvalue weighted by Gasteiger charge is -2.05. The number of hydrogen-bond acceptors (Lipinski definition) is 3. The summed E-state index contributed by atoms with van der Waals surface area (Å²) >= 11 is 0. The smallest absolute Gasteiger partial charge is 0.339 e. The highest BCUT2D eigenvalue weighted by Gasteiger charge is 2.07. The van der Waals surface area contributed by atoms with Crippen molar-refractivity contribution >= 4 is 12.0 Å². The number of hydrogen-bond donors (Lipinski definition) is 0. The first-order valence-corrected chi connectivity index (χ1v) is 8.14. The lowest BCUT2D eigenvalue weighted by molar-refractivity contribution is -0.130. The molecule has 1 aromatic heterocycles. The van der Waals surface area contributed by atoms with Crippen molar-refractivity contribution in [3.8, 4) is 5.75 Å². The highest BCUT2D eigenvalue weighted by atomic mass is 16.5. The standard InChI is InChI=1S/C22H19NO2/c1-17(22(24)25-21-7-3-2-4-8-21)14-18-9-11-19(12-10-18)15-20-6-5-13-23-16-20/h2-14,16H,15H2,1H3. The van der Waals surface area contributed by atoms with Gasteiger partial charge in [0.05, 0.1) is 0 Å². The minimum Gasteiger partial charge on any atom is -0.423 e. The molecule has 0 atom stereocenters. The van der Waals surface area contributed by atoms with Crippen LogP contribution in [0.5, 0.6) is 5.75 Å². The van der Waals surface area contributed by atoms with Crippen molar-refractivity contribution in [3.05, 3.63) is 101 Å². The molecule has 0 radical (unpaired) electrons. The summed E-state index contributed by atoms with van der Waals surface area (Å²) in [6.07, 6.45) is 6.32. The SMILES string of the molecule is CC(=Cc1ccc(Cc2cccnc2)cc1)C(=O)Oc1ccccc1. The monoisotopic (exact) mass is 329 g/mol. The predicted molar refractivity (Wildman–Crippen MR) is 99.2 cm³/mol. The molecule has 0 bridgehead atoms. The van der Waals surface area contributed by atoms with Crippen molar-refractivity contribution in [1.82, 2.24) is 4.98 Å². The zero-order chi connectivity index (χ0) is 17.5. The number of aromatic nitrogens is 1.